The molecule has 9 heteroatoms. The van der Waals surface area contributed by atoms with Crippen LogP contribution in [0.25, 0.3) is 5.65 Å². The van der Waals surface area contributed by atoms with Gasteiger partial charge in [-0.1, -0.05) is 0 Å². The smallest absolute Gasteiger partial charge is 0.241 e. The molecule has 2 fully saturated rings. The highest BCUT2D eigenvalue weighted by Gasteiger charge is 2.39. The highest BCUT2D eigenvalue weighted by atomic mass is 16.2. The predicted molar refractivity (Wildman–Crippen MR) is 108 cm³/mol. The van der Waals surface area contributed by atoms with Gasteiger partial charge in [0.25, 0.3) is 0 Å². The monoisotopic (exact) mass is 397 g/mol. The Morgan fingerprint density at radius 3 is 2.69 bits per heavy atom. The van der Waals surface area contributed by atoms with Gasteiger partial charge in [0.1, 0.15) is 5.82 Å². The number of nitrogens with zero attached hydrogens (tertiary/aromatic N) is 7. The molecule has 154 valence electrons. The summed E-state index contributed by atoms with van der Waals surface area (Å²) < 4.78 is 1.92. The zero-order valence-corrected chi connectivity index (χ0v) is 17.0. The quantitative estimate of drug-likeness (QED) is 0.680. The number of carbonyl (C=O) groups is 2. The van der Waals surface area contributed by atoms with E-state index in [-0.39, 0.29) is 24.3 Å². The number of piperazine rings is 1. The van der Waals surface area contributed by atoms with E-state index in [1.54, 1.807) is 23.0 Å². The largest absolute Gasteiger partial charge is 0.354 e. The first-order valence-corrected chi connectivity index (χ1v) is 10.3. The molecule has 5 heterocycles. The van der Waals surface area contributed by atoms with Crippen molar-refractivity contribution >= 4 is 23.3 Å². The number of likely N-dealkylation sites (N-methyl/N-ethyl adjacent to an activating group) is 2. The molecule has 0 saturated carbocycles. The van der Waals surface area contributed by atoms with Gasteiger partial charge in [0.05, 0.1) is 24.4 Å². The summed E-state index contributed by atoms with van der Waals surface area (Å²) in [6.07, 6.45) is 3.65. The standard InChI is InChI=1S/C20H27N7O2/c1-23-7-4-15-16(5-8-23)22-17-3-6-21-27(17)19(15)26-11-14(12-26)20(29)25-10-9-24(2)18(28)13-25/h3,6,14H,4-5,7-13H2,1-2H3. The van der Waals surface area contributed by atoms with Crippen molar-refractivity contribution in [2.75, 3.05) is 64.8 Å². The average molecular weight is 397 g/mol. The van der Waals surface area contributed by atoms with Gasteiger partial charge in [-0.05, 0) is 13.5 Å². The highest BCUT2D eigenvalue weighted by Crippen LogP contribution is 2.32. The summed E-state index contributed by atoms with van der Waals surface area (Å²) in [5, 5.41) is 4.51. The van der Waals surface area contributed by atoms with Crippen molar-refractivity contribution < 1.29 is 9.59 Å². The average Bonchev–Trinajstić information content (AvgIpc) is 3.06. The number of aromatic nitrogens is 3. The number of carbonyl (C=O) groups excluding carboxylic acids is 2. The summed E-state index contributed by atoms with van der Waals surface area (Å²) in [6.45, 7) is 4.77. The molecule has 29 heavy (non-hydrogen) atoms. The summed E-state index contributed by atoms with van der Waals surface area (Å²) in [7, 11) is 3.93. The lowest BCUT2D eigenvalue weighted by molar-refractivity contribution is -0.147. The third-order valence-electron chi connectivity index (χ3n) is 6.46. The van der Waals surface area contributed by atoms with Gasteiger partial charge in [-0.2, -0.15) is 9.61 Å². The van der Waals surface area contributed by atoms with Gasteiger partial charge in [0.15, 0.2) is 5.65 Å². The maximum Gasteiger partial charge on any atom is 0.241 e. The van der Waals surface area contributed by atoms with Gasteiger partial charge in [0, 0.05) is 64.4 Å². The minimum absolute atomic E-state index is 0.0163. The van der Waals surface area contributed by atoms with E-state index in [2.05, 4.69) is 21.9 Å². The van der Waals surface area contributed by atoms with E-state index >= 15 is 0 Å². The Bertz CT molecular complexity index is 965. The molecule has 0 unspecified atom stereocenters. The summed E-state index contributed by atoms with van der Waals surface area (Å²) in [6, 6.07) is 1.94. The number of hydrogen-bond donors (Lipinski definition) is 0. The fourth-order valence-electron chi connectivity index (χ4n) is 4.52. The Kier molecular flexibility index (Phi) is 4.42. The second kappa shape index (κ2) is 6.98. The van der Waals surface area contributed by atoms with Crippen molar-refractivity contribution in [3.63, 3.8) is 0 Å². The summed E-state index contributed by atoms with van der Waals surface area (Å²) in [4.78, 5) is 37.7. The van der Waals surface area contributed by atoms with E-state index in [0.717, 1.165) is 43.1 Å². The van der Waals surface area contributed by atoms with Crippen LogP contribution in [0.4, 0.5) is 5.82 Å². The van der Waals surface area contributed by atoms with E-state index in [9.17, 15) is 9.59 Å². The predicted octanol–water partition coefficient (Wildman–Crippen LogP) is -0.503. The lowest BCUT2D eigenvalue weighted by atomic mass is 9.96. The minimum Gasteiger partial charge on any atom is -0.354 e. The van der Waals surface area contributed by atoms with Gasteiger partial charge in [0.2, 0.25) is 11.8 Å². The first kappa shape index (κ1) is 18.4. The Balaban J connectivity index is 1.37. The zero-order chi connectivity index (χ0) is 20.1. The van der Waals surface area contributed by atoms with Crippen LogP contribution in [-0.4, -0.2) is 101 Å². The normalized spacial score (nSPS) is 21.3. The maximum absolute atomic E-state index is 12.9. The van der Waals surface area contributed by atoms with Crippen LogP contribution in [0.2, 0.25) is 0 Å². The van der Waals surface area contributed by atoms with E-state index < -0.39 is 0 Å². The van der Waals surface area contributed by atoms with Crippen molar-refractivity contribution in [1.82, 2.24) is 29.3 Å². The van der Waals surface area contributed by atoms with Crippen LogP contribution in [0.3, 0.4) is 0 Å². The fraction of sp³-hybridized carbons (Fsp3) is 0.600. The summed E-state index contributed by atoms with van der Waals surface area (Å²) in [5.74, 6) is 1.14. The van der Waals surface area contributed by atoms with Gasteiger partial charge < -0.3 is 19.6 Å². The Morgan fingerprint density at radius 1 is 1.10 bits per heavy atom. The molecule has 2 aromatic rings. The van der Waals surface area contributed by atoms with Gasteiger partial charge >= 0.3 is 0 Å². The molecule has 0 N–H and O–H groups in total. The first-order chi connectivity index (χ1) is 14.0. The van der Waals surface area contributed by atoms with Crippen molar-refractivity contribution in [3.8, 4) is 0 Å². The van der Waals surface area contributed by atoms with Crippen LogP contribution in [0.1, 0.15) is 11.3 Å². The Hall–Kier alpha value is -2.68. The number of anilines is 1. The topological polar surface area (TPSA) is 77.3 Å². The number of amides is 2. The number of rotatable bonds is 2. The van der Waals surface area contributed by atoms with Crippen LogP contribution in [-0.2, 0) is 22.4 Å². The van der Waals surface area contributed by atoms with Crippen molar-refractivity contribution in [2.45, 2.75) is 12.8 Å². The van der Waals surface area contributed by atoms with Crippen molar-refractivity contribution in [2.24, 2.45) is 5.92 Å². The molecule has 9 nitrogen and oxygen atoms in total. The fourth-order valence-corrected chi connectivity index (χ4v) is 4.52. The van der Waals surface area contributed by atoms with E-state index in [1.807, 2.05) is 10.6 Å². The molecule has 5 rings (SSSR count). The lowest BCUT2D eigenvalue weighted by Gasteiger charge is -2.43. The second-order valence-electron chi connectivity index (χ2n) is 8.44. The first-order valence-electron chi connectivity index (χ1n) is 10.3. The minimum atomic E-state index is -0.0610. The zero-order valence-electron chi connectivity index (χ0n) is 17.0. The molecular formula is C20H27N7O2. The Morgan fingerprint density at radius 2 is 1.90 bits per heavy atom. The van der Waals surface area contributed by atoms with Gasteiger partial charge in [-0.15, -0.1) is 0 Å². The molecule has 0 spiro atoms. The second-order valence-corrected chi connectivity index (χ2v) is 8.44. The van der Waals surface area contributed by atoms with Crippen LogP contribution < -0.4 is 4.90 Å². The Labute approximate surface area is 169 Å². The van der Waals surface area contributed by atoms with Crippen LogP contribution >= 0.6 is 0 Å². The van der Waals surface area contributed by atoms with Crippen LogP contribution in [0.5, 0.6) is 0 Å². The molecular weight excluding hydrogens is 370 g/mol. The maximum atomic E-state index is 12.9. The van der Waals surface area contributed by atoms with Crippen molar-refractivity contribution in [1.29, 1.82) is 0 Å². The highest BCUT2D eigenvalue weighted by molar-refractivity contribution is 5.88. The van der Waals surface area contributed by atoms with E-state index in [1.165, 1.54) is 5.56 Å². The summed E-state index contributed by atoms with van der Waals surface area (Å²) >= 11 is 0. The molecule has 0 bridgehead atoms. The van der Waals surface area contributed by atoms with Gasteiger partial charge in [-0.3, -0.25) is 9.59 Å². The molecule has 3 aliphatic heterocycles. The third kappa shape index (κ3) is 3.13. The summed E-state index contributed by atoms with van der Waals surface area (Å²) in [5.41, 5.74) is 3.27. The van der Waals surface area contributed by atoms with Gasteiger partial charge in [-0.25, -0.2) is 4.98 Å². The number of fused-ring (bicyclic) bond motifs is 2. The third-order valence-corrected chi connectivity index (χ3v) is 6.46. The number of hydrogen-bond acceptors (Lipinski definition) is 6. The van der Waals surface area contributed by atoms with E-state index in [4.69, 9.17) is 4.98 Å². The molecule has 0 radical (unpaired) electrons. The van der Waals surface area contributed by atoms with E-state index in [0.29, 0.717) is 26.2 Å². The van der Waals surface area contributed by atoms with Crippen LogP contribution in [0.15, 0.2) is 12.3 Å². The molecule has 0 atom stereocenters. The lowest BCUT2D eigenvalue weighted by Crippen LogP contribution is -2.59. The molecule has 2 aromatic heterocycles. The molecule has 0 aromatic carbocycles. The molecule has 3 aliphatic rings. The molecule has 2 saturated heterocycles. The molecule has 0 aliphatic carbocycles. The van der Waals surface area contributed by atoms with Crippen LogP contribution in [0, 0.1) is 5.92 Å². The SMILES string of the molecule is CN1CCc2nc3ccnn3c(N3CC(C(=O)N4CCN(C)C(=O)C4)C3)c2CC1. The molecule has 2 amide bonds. The van der Waals surface area contributed by atoms with Crippen molar-refractivity contribution in [3.05, 3.63) is 23.5 Å².